The molecule has 0 aliphatic heterocycles. The number of thiol groups is 2. The zero-order valence-electron chi connectivity index (χ0n) is 52.7. The fourth-order valence-corrected chi connectivity index (χ4v) is 9.08. The van der Waals surface area contributed by atoms with E-state index in [-0.39, 0.29) is 106 Å². The molecule has 516 valence electrons. The van der Waals surface area contributed by atoms with E-state index in [1.54, 1.807) is 123 Å². The van der Waals surface area contributed by atoms with Crippen LogP contribution >= 0.6 is 84.6 Å². The van der Waals surface area contributed by atoms with E-state index in [4.69, 9.17) is 46.5 Å². The molecule has 0 saturated heterocycles. The molecular formula is C53H88N8O20P2S6Y2-4. The monoisotopic (exact) mass is 1590 g/mol. The van der Waals surface area contributed by atoms with Crippen molar-refractivity contribution in [1.29, 1.82) is 0 Å². The van der Waals surface area contributed by atoms with Crippen molar-refractivity contribution in [3.05, 3.63) is 86.6 Å². The second-order valence-corrected chi connectivity index (χ2v) is 27.1. The summed E-state index contributed by atoms with van der Waals surface area (Å²) in [5.74, 6) is -5.59. The van der Waals surface area contributed by atoms with E-state index in [0.29, 0.717) is 28.6 Å². The van der Waals surface area contributed by atoms with Gasteiger partial charge in [-0.15, -0.1) is 0 Å². The number of nitrogens with zero attached hydrogens (tertiary/aromatic N) is 4. The zero-order chi connectivity index (χ0) is 67.9. The average molecular weight is 1590 g/mol. The summed E-state index contributed by atoms with van der Waals surface area (Å²) < 4.78 is 14.9. The van der Waals surface area contributed by atoms with Gasteiger partial charge in [-0.3, -0.25) is 48.2 Å². The van der Waals surface area contributed by atoms with Gasteiger partial charge in [-0.05, 0) is 78.3 Å². The minimum Gasteiger partial charge on any atom is -0.540 e. The number of carbonyl (C=O) groups is 10. The molecule has 28 nitrogen and oxygen atoms in total. The Morgan fingerprint density at radius 2 is 0.934 bits per heavy atom. The number of aliphatic carboxylic acids is 5. The van der Waals surface area contributed by atoms with Crippen molar-refractivity contribution in [1.82, 2.24) is 30.2 Å². The molecule has 0 saturated carbocycles. The predicted octanol–water partition coefficient (Wildman–Crippen LogP) is 4.19. The van der Waals surface area contributed by atoms with Crippen LogP contribution in [-0.2, 0) is 141 Å². The first kappa shape index (κ1) is 104. The number of hydrogen-bond donors (Lipinski definition) is 11. The summed E-state index contributed by atoms with van der Waals surface area (Å²) in [5, 5.41) is 49.3. The molecule has 0 bridgehead atoms. The Morgan fingerprint density at radius 3 is 1.18 bits per heavy atom. The standard InChI is InChI=1S/C19H26N2O7.C18H24N2O7.C4H10NO2PS2.C4H8NOS.C3H8NO2PS2.C3H6NOS.2CH3.2Y/c1-19(2,3)28-18(26)21(12-16(23)24)11-15(22)20(13-17(25)27-4)10-14-8-6-5-7-9-14;1-18(2,3)27-17(26)20(12-16(24)25)10-14(21)19(11-15(22)23)9-13-7-5-4-6-8-13;1-5-3(4(6)7)2-9-10-8;1-5-4(2-6)3-7;4-2(3(5)6)1-8-9-7;4-3(1-5)2-6;;;;/h5-9H,10-13H2,1-4H3,(H,23,24);4-8H,9-12H2,1-3H3,(H,22,23)(H,24,25);3,5H,2,8H2,1H3,(H,6,7);4-5,7H,3H2,1H3;2H,1,4,7H2,(H,5,6);3,6H,2,4H2;2*1H3;;/q;;;-1;;3*-1;;. The van der Waals surface area contributed by atoms with Crippen LogP contribution in [-0.4, -0.2) is 236 Å². The number of esters is 1. The number of nitrogens with two attached hydrogens (primary N) is 2. The quantitative estimate of drug-likeness (QED) is 0.0130. The summed E-state index contributed by atoms with van der Waals surface area (Å²) in [6.45, 7) is 6.30. The van der Waals surface area contributed by atoms with Crippen LogP contribution in [0.1, 0.15) is 52.7 Å². The molecule has 0 spiro atoms. The molecule has 0 aliphatic carbocycles. The molecule has 0 fully saturated rings. The Morgan fingerprint density at radius 1 is 0.571 bits per heavy atom. The van der Waals surface area contributed by atoms with E-state index in [9.17, 15) is 57.5 Å². The van der Waals surface area contributed by atoms with Crippen LogP contribution in [0.3, 0.4) is 0 Å². The minimum atomic E-state index is -1.32. The number of benzene rings is 2. The fraction of sp³-hybridized carbons (Fsp3) is 0.509. The molecule has 4 amide bonds. The third-order valence-corrected chi connectivity index (χ3v) is 15.3. The van der Waals surface area contributed by atoms with Crippen molar-refractivity contribution in [3.8, 4) is 0 Å². The Kier molecular flexibility index (Phi) is 70.9. The summed E-state index contributed by atoms with van der Waals surface area (Å²) >= 11 is 7.56. The summed E-state index contributed by atoms with van der Waals surface area (Å²) in [6, 6.07) is 15.8. The van der Waals surface area contributed by atoms with Crippen molar-refractivity contribution in [2.24, 2.45) is 11.5 Å². The van der Waals surface area contributed by atoms with Crippen LogP contribution in [0.5, 0.6) is 0 Å². The second kappa shape index (κ2) is 61.9. The van der Waals surface area contributed by atoms with Gasteiger partial charge >= 0.3 is 48.0 Å². The van der Waals surface area contributed by atoms with Crippen molar-refractivity contribution in [2.45, 2.75) is 90.0 Å². The van der Waals surface area contributed by atoms with Crippen molar-refractivity contribution < 1.29 is 163 Å². The number of carboxylic acids is 5. The van der Waals surface area contributed by atoms with Gasteiger partial charge in [-0.1, -0.05) is 132 Å². The third-order valence-electron chi connectivity index (χ3n) is 9.22. The van der Waals surface area contributed by atoms with Gasteiger partial charge in [0, 0.05) is 90.0 Å². The molecule has 2 aromatic rings. The van der Waals surface area contributed by atoms with Crippen LogP contribution in [0.2, 0.25) is 0 Å². The zero-order valence-corrected chi connectivity index (χ0v) is 65.7. The molecule has 2 radical (unpaired) electrons. The molecule has 6 atom stereocenters. The normalized spacial score (nSPS) is 11.2. The van der Waals surface area contributed by atoms with Gasteiger partial charge in [0.05, 0.1) is 7.11 Å². The van der Waals surface area contributed by atoms with E-state index in [2.05, 4.69) is 57.5 Å². The van der Waals surface area contributed by atoms with E-state index in [1.165, 1.54) is 54.4 Å². The maximum absolute atomic E-state index is 12.7. The molecule has 91 heavy (non-hydrogen) atoms. The van der Waals surface area contributed by atoms with Crippen molar-refractivity contribution in [2.75, 3.05) is 83.5 Å². The number of likely N-dealkylation sites (N-methyl/N-ethyl adjacent to an activating group) is 2. The average Bonchev–Trinajstić information content (AvgIpc) is 1.78. The molecule has 2 aromatic carbocycles. The number of amides is 4. The first-order valence-corrected chi connectivity index (χ1v) is 34.0. The molecule has 0 heterocycles. The molecule has 11 N–H and O–H groups in total. The molecular weight excluding hydrogens is 1500 g/mol. The predicted molar refractivity (Wildman–Crippen MR) is 363 cm³/mol. The molecule has 0 aromatic heterocycles. The summed E-state index contributed by atoms with van der Waals surface area (Å²) in [7, 11) is 15.3. The first-order valence-electron chi connectivity index (χ1n) is 25.1. The maximum atomic E-state index is 12.7. The maximum Gasteiger partial charge on any atom is 0.411 e. The fourth-order valence-electron chi connectivity index (χ4n) is 5.13. The number of rotatable bonds is 30. The number of carboxylic acid groups (broad SMARTS) is 5. The summed E-state index contributed by atoms with van der Waals surface area (Å²) in [6.07, 6.45) is 1.44. The Labute approximate surface area is 615 Å². The minimum absolute atomic E-state index is 0. The topological polar surface area (TPSA) is 423 Å². The number of carbonyl (C=O) groups excluding carboxylic acids is 7. The Bertz CT molecular complexity index is 2390. The number of hydrogen-bond acceptors (Lipinski definition) is 25. The Hall–Kier alpha value is -2.91. The number of ether oxygens (including phenoxy) is 3. The van der Waals surface area contributed by atoms with E-state index < -0.39 is 122 Å². The van der Waals surface area contributed by atoms with Gasteiger partial charge < -0.3 is 96.1 Å². The van der Waals surface area contributed by atoms with Gasteiger partial charge in [-0.25, -0.2) is 22.2 Å². The molecule has 38 heteroatoms. The third kappa shape index (κ3) is 61.7. The van der Waals surface area contributed by atoms with Crippen molar-refractivity contribution >= 4 is 157 Å². The molecule has 6 unspecified atom stereocenters. The van der Waals surface area contributed by atoms with Gasteiger partial charge in [0.25, 0.3) is 0 Å². The Balaban J connectivity index is -0.000000167. The summed E-state index contributed by atoms with van der Waals surface area (Å²) in [4.78, 5) is 138. The second-order valence-electron chi connectivity index (χ2n) is 18.8. The van der Waals surface area contributed by atoms with Crippen LogP contribution in [0.25, 0.3) is 0 Å². The van der Waals surface area contributed by atoms with E-state index in [1.807, 2.05) is 6.07 Å². The van der Waals surface area contributed by atoms with Gasteiger partial charge in [0.2, 0.25) is 11.8 Å². The van der Waals surface area contributed by atoms with E-state index in [0.717, 1.165) is 20.3 Å². The van der Waals surface area contributed by atoms with Crippen LogP contribution < -0.4 is 22.1 Å². The number of nitrogens with one attached hydrogen (secondary N) is 2. The van der Waals surface area contributed by atoms with Crippen molar-refractivity contribution in [3.63, 3.8) is 0 Å². The van der Waals surface area contributed by atoms with Crippen LogP contribution in [0.15, 0.2) is 60.7 Å². The summed E-state index contributed by atoms with van der Waals surface area (Å²) in [5.41, 5.74) is 9.87. The largest absolute Gasteiger partial charge is 0.540 e. The molecule has 0 aliphatic rings. The van der Waals surface area contributed by atoms with Gasteiger partial charge in [0.15, 0.2) is 0 Å². The van der Waals surface area contributed by atoms with E-state index >= 15 is 0 Å². The SMILES string of the molecule is CC(C)(C)OC(=O)N(CC(=O)O)CC(=O)N(CC(=O)O)Cc1ccccc1.CNC(CSSP)C(=O)O.CNC([C-]=O)CS.COC(=O)CN(Cc1ccccc1)C(=O)CN(CC(=O)O)C(=O)OC(C)(C)C.NC(CSSP)C(=O)O.NC([C-]=O)CS.[CH3-].[CH3-].[Y].[Y]. The van der Waals surface area contributed by atoms with Crippen LogP contribution in [0.4, 0.5) is 9.59 Å². The van der Waals surface area contributed by atoms with Gasteiger partial charge in [0.1, 0.15) is 62.6 Å². The first-order chi connectivity index (χ1) is 40.5. The van der Waals surface area contributed by atoms with Gasteiger partial charge in [-0.2, -0.15) is 25.3 Å². The number of methoxy groups -OCH3 is 1. The van der Waals surface area contributed by atoms with Crippen LogP contribution in [0, 0.1) is 14.9 Å². The molecule has 2 rings (SSSR count). The smallest absolute Gasteiger partial charge is 0.411 e.